The van der Waals surface area contributed by atoms with Gasteiger partial charge in [0.25, 0.3) is 0 Å². The molecular weight excluding hydrogens is 342 g/mol. The number of methoxy groups -OCH3 is 1. The van der Waals surface area contributed by atoms with Gasteiger partial charge in [0, 0.05) is 27.3 Å². The molecule has 0 aliphatic carbocycles. The summed E-state index contributed by atoms with van der Waals surface area (Å²) >= 11 is 1.83. The maximum atomic E-state index is 5.42. The van der Waals surface area contributed by atoms with Gasteiger partial charge in [0.1, 0.15) is 11.4 Å². The van der Waals surface area contributed by atoms with Gasteiger partial charge in [0.2, 0.25) is 0 Å². The summed E-state index contributed by atoms with van der Waals surface area (Å²) in [6.45, 7) is 10.7. The Kier molecular flexibility index (Phi) is 4.67. The summed E-state index contributed by atoms with van der Waals surface area (Å²) < 4.78 is 7.61. The van der Waals surface area contributed by atoms with E-state index < -0.39 is 0 Å². The summed E-state index contributed by atoms with van der Waals surface area (Å²) in [5.41, 5.74) is 4.86. The van der Waals surface area contributed by atoms with E-state index in [-0.39, 0.29) is 0 Å². The zero-order valence-corrected chi connectivity index (χ0v) is 16.7. The van der Waals surface area contributed by atoms with E-state index in [9.17, 15) is 0 Å². The maximum absolute atomic E-state index is 5.42. The highest BCUT2D eigenvalue weighted by Gasteiger charge is 2.25. The highest BCUT2D eigenvalue weighted by molar-refractivity contribution is 7.99. The molecule has 26 heavy (non-hydrogen) atoms. The van der Waals surface area contributed by atoms with Crippen molar-refractivity contribution >= 4 is 22.7 Å². The first-order valence-corrected chi connectivity index (χ1v) is 10.1. The van der Waals surface area contributed by atoms with Crippen molar-refractivity contribution in [3.05, 3.63) is 35.9 Å². The number of hydrogen-bond donors (Lipinski definition) is 0. The third kappa shape index (κ3) is 2.79. The molecule has 1 aliphatic rings. The van der Waals surface area contributed by atoms with Crippen LogP contribution in [0.5, 0.6) is 5.75 Å². The van der Waals surface area contributed by atoms with Crippen molar-refractivity contribution in [2.45, 2.75) is 37.1 Å². The summed E-state index contributed by atoms with van der Waals surface area (Å²) in [7, 11) is 1.72. The third-order valence-electron chi connectivity index (χ3n) is 5.25. The zero-order valence-electron chi connectivity index (χ0n) is 15.9. The number of hydrogen-bond acceptors (Lipinski definition) is 4. The first-order chi connectivity index (χ1) is 12.7. The second-order valence-electron chi connectivity index (χ2n) is 6.67. The van der Waals surface area contributed by atoms with E-state index in [0.29, 0.717) is 0 Å². The molecule has 0 bridgehead atoms. The molecule has 2 aromatic carbocycles. The molecule has 4 nitrogen and oxygen atoms in total. The van der Waals surface area contributed by atoms with Crippen LogP contribution in [-0.2, 0) is 6.54 Å². The minimum atomic E-state index is 0.894. The van der Waals surface area contributed by atoms with Crippen LogP contribution >= 0.6 is 11.8 Å². The number of ether oxygens (including phenoxy) is 1. The van der Waals surface area contributed by atoms with Gasteiger partial charge in [-0.3, -0.25) is 4.68 Å². The van der Waals surface area contributed by atoms with E-state index in [2.05, 4.69) is 54.6 Å². The largest absolute Gasteiger partial charge is 0.497 e. The highest BCUT2D eigenvalue weighted by Crippen LogP contribution is 2.49. The molecule has 2 heterocycles. The van der Waals surface area contributed by atoms with Crippen molar-refractivity contribution in [2.75, 3.05) is 26.7 Å². The van der Waals surface area contributed by atoms with Gasteiger partial charge in [-0.05, 0) is 49.8 Å². The van der Waals surface area contributed by atoms with Crippen molar-refractivity contribution in [1.82, 2.24) is 14.7 Å². The number of fused-ring (bicyclic) bond motifs is 2. The minimum Gasteiger partial charge on any atom is -0.497 e. The fraction of sp³-hybridized carbons (Fsp3) is 0.381. The van der Waals surface area contributed by atoms with Crippen molar-refractivity contribution < 1.29 is 4.74 Å². The predicted molar refractivity (Wildman–Crippen MR) is 108 cm³/mol. The molecule has 0 unspecified atom stereocenters. The quantitative estimate of drug-likeness (QED) is 0.488. The van der Waals surface area contributed by atoms with Gasteiger partial charge in [-0.2, -0.15) is 5.10 Å². The first-order valence-electron chi connectivity index (χ1n) is 9.25. The van der Waals surface area contributed by atoms with Crippen molar-refractivity contribution in [3.8, 4) is 17.0 Å². The van der Waals surface area contributed by atoms with Gasteiger partial charge < -0.3 is 9.64 Å². The molecule has 0 radical (unpaired) electrons. The Bertz CT molecular complexity index is 960. The average Bonchev–Trinajstić information content (AvgIpc) is 3.04. The van der Waals surface area contributed by atoms with E-state index in [1.54, 1.807) is 7.11 Å². The summed E-state index contributed by atoms with van der Waals surface area (Å²) in [6, 6.07) is 10.7. The van der Waals surface area contributed by atoms with Crippen LogP contribution in [0.4, 0.5) is 0 Å². The Labute approximate surface area is 159 Å². The Balaban J connectivity index is 1.83. The molecule has 5 heteroatoms. The Hall–Kier alpha value is -1.98. The topological polar surface area (TPSA) is 30.3 Å². The fourth-order valence-electron chi connectivity index (χ4n) is 3.63. The fourth-order valence-corrected chi connectivity index (χ4v) is 4.83. The van der Waals surface area contributed by atoms with Gasteiger partial charge in [-0.15, -0.1) is 0 Å². The second-order valence-corrected chi connectivity index (χ2v) is 7.72. The van der Waals surface area contributed by atoms with Crippen LogP contribution in [0, 0.1) is 6.92 Å². The highest BCUT2D eigenvalue weighted by atomic mass is 32.2. The van der Waals surface area contributed by atoms with Crippen molar-refractivity contribution in [1.29, 1.82) is 0 Å². The number of benzene rings is 2. The molecule has 1 aliphatic heterocycles. The van der Waals surface area contributed by atoms with Crippen LogP contribution in [0.2, 0.25) is 0 Å². The van der Waals surface area contributed by atoms with Crippen LogP contribution in [0.3, 0.4) is 0 Å². The summed E-state index contributed by atoms with van der Waals surface area (Å²) in [5, 5.41) is 6.33. The van der Waals surface area contributed by atoms with Crippen LogP contribution < -0.4 is 4.74 Å². The second kappa shape index (κ2) is 6.97. The standard InChI is InChI=1S/C21H25N3OS/c1-5-23(6-2)11-12-24-17-10-7-14(3)21-19(17)20(22-24)16-9-8-15(25-4)13-18(16)26-21/h7-10,13H,5-6,11-12H2,1-4H3. The number of rotatable bonds is 6. The molecule has 4 rings (SSSR count). The minimum absolute atomic E-state index is 0.894. The molecule has 1 aromatic heterocycles. The van der Waals surface area contributed by atoms with Crippen LogP contribution in [0.1, 0.15) is 19.4 Å². The van der Waals surface area contributed by atoms with Crippen molar-refractivity contribution in [3.63, 3.8) is 0 Å². The molecule has 0 spiro atoms. The van der Waals surface area contributed by atoms with Gasteiger partial charge in [-0.1, -0.05) is 31.7 Å². The SMILES string of the molecule is CCN(CC)CCn1nc2c3c(c(C)ccc31)Sc1cc(OC)ccc1-2. The van der Waals surface area contributed by atoms with Gasteiger partial charge >= 0.3 is 0 Å². The third-order valence-corrected chi connectivity index (χ3v) is 6.53. The molecule has 0 atom stereocenters. The van der Waals surface area contributed by atoms with Gasteiger partial charge in [-0.25, -0.2) is 0 Å². The number of aromatic nitrogens is 2. The predicted octanol–water partition coefficient (Wildman–Crippen LogP) is 4.83. The lowest BCUT2D eigenvalue weighted by Gasteiger charge is -2.18. The maximum Gasteiger partial charge on any atom is 0.120 e. The lowest BCUT2D eigenvalue weighted by atomic mass is 10.0. The number of nitrogens with zero attached hydrogens (tertiary/aromatic N) is 3. The molecule has 0 fully saturated rings. The monoisotopic (exact) mass is 367 g/mol. The summed E-state index contributed by atoms with van der Waals surface area (Å²) in [4.78, 5) is 4.99. The van der Waals surface area contributed by atoms with Gasteiger partial charge in [0.15, 0.2) is 0 Å². The van der Waals surface area contributed by atoms with Crippen LogP contribution in [-0.4, -0.2) is 41.4 Å². The molecule has 136 valence electrons. The van der Waals surface area contributed by atoms with E-state index in [1.165, 1.54) is 31.8 Å². The lowest BCUT2D eigenvalue weighted by molar-refractivity contribution is 0.287. The van der Waals surface area contributed by atoms with Gasteiger partial charge in [0.05, 0.1) is 19.2 Å². The Morgan fingerprint density at radius 1 is 1.15 bits per heavy atom. The van der Waals surface area contributed by atoms with E-state index in [4.69, 9.17) is 9.84 Å². The Morgan fingerprint density at radius 3 is 2.69 bits per heavy atom. The Morgan fingerprint density at radius 2 is 1.96 bits per heavy atom. The molecule has 0 saturated carbocycles. The molecule has 0 N–H and O–H groups in total. The molecule has 0 amide bonds. The number of aryl methyl sites for hydroxylation is 1. The van der Waals surface area contributed by atoms with E-state index >= 15 is 0 Å². The number of likely N-dealkylation sites (N-methyl/N-ethyl adjacent to an activating group) is 1. The molecule has 3 aromatic rings. The molecular formula is C21H25N3OS. The smallest absolute Gasteiger partial charge is 0.120 e. The summed E-state index contributed by atoms with van der Waals surface area (Å²) in [6.07, 6.45) is 0. The van der Waals surface area contributed by atoms with Crippen molar-refractivity contribution in [2.24, 2.45) is 0 Å². The van der Waals surface area contributed by atoms with E-state index in [1.807, 2.05) is 17.8 Å². The zero-order chi connectivity index (χ0) is 18.3. The summed E-state index contributed by atoms with van der Waals surface area (Å²) in [5.74, 6) is 0.894. The van der Waals surface area contributed by atoms with E-state index in [0.717, 1.165) is 37.6 Å². The van der Waals surface area contributed by atoms with Crippen LogP contribution in [0.25, 0.3) is 22.2 Å². The van der Waals surface area contributed by atoms with Crippen LogP contribution in [0.15, 0.2) is 40.1 Å². The normalized spacial score (nSPS) is 12.7. The molecule has 0 saturated heterocycles. The first kappa shape index (κ1) is 17.4. The average molecular weight is 368 g/mol. The lowest BCUT2D eigenvalue weighted by Crippen LogP contribution is -2.27.